The normalized spacial score (nSPS) is 9.62. The van der Waals surface area contributed by atoms with Crippen LogP contribution in [0.5, 0.6) is 0 Å². The zero-order valence-corrected chi connectivity index (χ0v) is 9.29. The molecule has 16 heavy (non-hydrogen) atoms. The Labute approximate surface area is 93.9 Å². The van der Waals surface area contributed by atoms with E-state index >= 15 is 0 Å². The molecule has 1 rings (SSSR count). The molecule has 1 aromatic heterocycles. The Bertz CT molecular complexity index is 465. The monoisotopic (exact) mass is 218 g/mol. The van der Waals surface area contributed by atoms with Crippen molar-refractivity contribution in [3.8, 4) is 0 Å². The quantitative estimate of drug-likeness (QED) is 0.664. The Balaban J connectivity index is 3.52. The van der Waals surface area contributed by atoms with E-state index in [0.717, 1.165) is 0 Å². The van der Waals surface area contributed by atoms with Crippen LogP contribution in [0.2, 0.25) is 0 Å². The van der Waals surface area contributed by atoms with Gasteiger partial charge in [0.05, 0.1) is 11.3 Å². The predicted molar refractivity (Wildman–Crippen MR) is 64.9 cm³/mol. The standard InChI is InChI=1S/C11H14N4O/c1-4-9-8(10(13)16)5-7(6(2)12)11(14-3)15-9/h4-5,12H,1H2,2-3H3,(H2,13,16)(H,14,15). The number of carbonyl (C=O) groups is 1. The van der Waals surface area contributed by atoms with Gasteiger partial charge in [-0.1, -0.05) is 6.58 Å². The van der Waals surface area contributed by atoms with Gasteiger partial charge in [-0.25, -0.2) is 4.98 Å². The van der Waals surface area contributed by atoms with Crippen LogP contribution in [0.4, 0.5) is 5.82 Å². The molecular formula is C11H14N4O. The van der Waals surface area contributed by atoms with Crippen molar-refractivity contribution in [2.45, 2.75) is 6.92 Å². The molecule has 0 unspecified atom stereocenters. The van der Waals surface area contributed by atoms with Gasteiger partial charge in [-0.15, -0.1) is 0 Å². The minimum atomic E-state index is -0.576. The second kappa shape index (κ2) is 4.57. The van der Waals surface area contributed by atoms with E-state index in [2.05, 4.69) is 16.9 Å². The molecule has 0 bridgehead atoms. The summed E-state index contributed by atoms with van der Waals surface area (Å²) in [5, 5.41) is 10.5. The van der Waals surface area contributed by atoms with E-state index in [-0.39, 0.29) is 5.56 Å². The third-order valence-corrected chi connectivity index (χ3v) is 2.15. The van der Waals surface area contributed by atoms with Gasteiger partial charge in [-0.05, 0) is 19.1 Å². The Morgan fingerprint density at radius 3 is 2.62 bits per heavy atom. The van der Waals surface area contributed by atoms with Crippen LogP contribution in [0, 0.1) is 5.41 Å². The van der Waals surface area contributed by atoms with E-state index in [1.807, 2.05) is 0 Å². The van der Waals surface area contributed by atoms with E-state index in [0.29, 0.717) is 22.8 Å². The second-order valence-electron chi connectivity index (χ2n) is 3.26. The van der Waals surface area contributed by atoms with Crippen LogP contribution in [0.3, 0.4) is 0 Å². The zero-order valence-electron chi connectivity index (χ0n) is 9.29. The highest BCUT2D eigenvalue weighted by Crippen LogP contribution is 2.18. The number of hydrogen-bond donors (Lipinski definition) is 3. The maximum Gasteiger partial charge on any atom is 0.250 e. The number of hydrogen-bond acceptors (Lipinski definition) is 4. The zero-order chi connectivity index (χ0) is 12.3. The summed E-state index contributed by atoms with van der Waals surface area (Å²) in [5.41, 5.74) is 6.80. The van der Waals surface area contributed by atoms with Crippen LogP contribution < -0.4 is 11.1 Å². The molecule has 0 radical (unpaired) electrons. The first-order chi connectivity index (χ1) is 7.51. The minimum absolute atomic E-state index is 0.274. The molecule has 84 valence electrons. The molecule has 0 atom stereocenters. The Morgan fingerprint density at radius 1 is 1.62 bits per heavy atom. The Hall–Kier alpha value is -2.17. The van der Waals surface area contributed by atoms with Crippen LogP contribution in [0.25, 0.3) is 6.08 Å². The van der Waals surface area contributed by atoms with Gasteiger partial charge >= 0.3 is 0 Å². The number of nitrogens with zero attached hydrogens (tertiary/aromatic N) is 1. The van der Waals surface area contributed by atoms with Gasteiger partial charge in [0.15, 0.2) is 0 Å². The summed E-state index contributed by atoms with van der Waals surface area (Å²) in [7, 11) is 1.70. The summed E-state index contributed by atoms with van der Waals surface area (Å²) in [6.45, 7) is 5.19. The van der Waals surface area contributed by atoms with Gasteiger partial charge in [-0.2, -0.15) is 0 Å². The van der Waals surface area contributed by atoms with Crippen LogP contribution in [0.1, 0.15) is 28.5 Å². The number of aromatic nitrogens is 1. The average molecular weight is 218 g/mol. The SMILES string of the molecule is C=Cc1nc(NC)c(C(C)=N)cc1C(N)=O. The maximum atomic E-state index is 11.2. The van der Waals surface area contributed by atoms with E-state index in [9.17, 15) is 4.79 Å². The third-order valence-electron chi connectivity index (χ3n) is 2.15. The molecule has 1 amide bonds. The van der Waals surface area contributed by atoms with Crippen molar-refractivity contribution in [2.24, 2.45) is 5.73 Å². The van der Waals surface area contributed by atoms with Crippen molar-refractivity contribution in [1.82, 2.24) is 4.98 Å². The molecule has 5 nitrogen and oxygen atoms in total. The molecule has 0 spiro atoms. The lowest BCUT2D eigenvalue weighted by Crippen LogP contribution is -2.16. The minimum Gasteiger partial charge on any atom is -0.373 e. The van der Waals surface area contributed by atoms with Crippen LogP contribution in [0.15, 0.2) is 12.6 Å². The molecule has 0 saturated heterocycles. The van der Waals surface area contributed by atoms with E-state index in [1.165, 1.54) is 6.08 Å². The van der Waals surface area contributed by atoms with Crippen molar-refractivity contribution in [3.63, 3.8) is 0 Å². The van der Waals surface area contributed by atoms with Crippen molar-refractivity contribution in [2.75, 3.05) is 12.4 Å². The smallest absolute Gasteiger partial charge is 0.250 e. The summed E-state index contributed by atoms with van der Waals surface area (Å²) in [4.78, 5) is 15.4. The second-order valence-corrected chi connectivity index (χ2v) is 3.26. The topological polar surface area (TPSA) is 91.9 Å². The first-order valence-corrected chi connectivity index (χ1v) is 4.71. The fourth-order valence-electron chi connectivity index (χ4n) is 1.36. The van der Waals surface area contributed by atoms with Crippen molar-refractivity contribution < 1.29 is 4.79 Å². The van der Waals surface area contributed by atoms with Crippen molar-refractivity contribution in [3.05, 3.63) is 29.5 Å². The Kier molecular flexibility index (Phi) is 3.40. The summed E-state index contributed by atoms with van der Waals surface area (Å²) in [5.74, 6) is -0.0417. The fourth-order valence-corrected chi connectivity index (χ4v) is 1.36. The van der Waals surface area contributed by atoms with Gasteiger partial charge in [0.2, 0.25) is 0 Å². The predicted octanol–water partition coefficient (Wildman–Crippen LogP) is 1.25. The molecule has 1 heterocycles. The van der Waals surface area contributed by atoms with Gasteiger partial charge in [0, 0.05) is 18.3 Å². The number of nitrogens with one attached hydrogen (secondary N) is 2. The number of anilines is 1. The number of rotatable bonds is 4. The van der Waals surface area contributed by atoms with Gasteiger partial charge in [-0.3, -0.25) is 4.79 Å². The first kappa shape index (κ1) is 11.9. The first-order valence-electron chi connectivity index (χ1n) is 4.71. The molecule has 0 aliphatic carbocycles. The van der Waals surface area contributed by atoms with Crippen molar-refractivity contribution >= 4 is 23.5 Å². The van der Waals surface area contributed by atoms with Crippen LogP contribution in [-0.4, -0.2) is 23.7 Å². The van der Waals surface area contributed by atoms with E-state index < -0.39 is 5.91 Å². The molecule has 0 aliphatic heterocycles. The lowest BCUT2D eigenvalue weighted by Gasteiger charge is -2.10. The summed E-state index contributed by atoms with van der Waals surface area (Å²) < 4.78 is 0. The largest absolute Gasteiger partial charge is 0.373 e. The fraction of sp³-hybridized carbons (Fsp3) is 0.182. The van der Waals surface area contributed by atoms with E-state index in [4.69, 9.17) is 11.1 Å². The number of amides is 1. The lowest BCUT2D eigenvalue weighted by atomic mass is 10.1. The van der Waals surface area contributed by atoms with E-state index in [1.54, 1.807) is 20.0 Å². The Morgan fingerprint density at radius 2 is 2.25 bits per heavy atom. The molecular weight excluding hydrogens is 204 g/mol. The molecule has 0 aliphatic rings. The lowest BCUT2D eigenvalue weighted by molar-refractivity contribution is 0.1000. The van der Waals surface area contributed by atoms with Crippen LogP contribution in [-0.2, 0) is 0 Å². The highest BCUT2D eigenvalue weighted by molar-refractivity contribution is 6.04. The average Bonchev–Trinajstić information content (AvgIpc) is 2.26. The number of carbonyl (C=O) groups excluding carboxylic acids is 1. The van der Waals surface area contributed by atoms with Gasteiger partial charge in [0.25, 0.3) is 5.91 Å². The number of nitrogens with two attached hydrogens (primary N) is 1. The van der Waals surface area contributed by atoms with Gasteiger partial charge in [0.1, 0.15) is 5.82 Å². The number of pyridine rings is 1. The molecule has 5 heteroatoms. The molecule has 1 aromatic rings. The molecule has 0 aromatic carbocycles. The number of primary amides is 1. The van der Waals surface area contributed by atoms with Crippen LogP contribution >= 0.6 is 0 Å². The maximum absolute atomic E-state index is 11.2. The highest BCUT2D eigenvalue weighted by atomic mass is 16.1. The summed E-state index contributed by atoms with van der Waals surface area (Å²) in [6, 6.07) is 1.56. The van der Waals surface area contributed by atoms with Gasteiger partial charge < -0.3 is 16.5 Å². The summed E-state index contributed by atoms with van der Waals surface area (Å²) in [6.07, 6.45) is 1.46. The van der Waals surface area contributed by atoms with Crippen molar-refractivity contribution in [1.29, 1.82) is 5.41 Å². The summed E-state index contributed by atoms with van der Waals surface area (Å²) >= 11 is 0. The molecule has 0 fully saturated rings. The molecule has 4 N–H and O–H groups in total. The third kappa shape index (κ3) is 2.08. The highest BCUT2D eigenvalue weighted by Gasteiger charge is 2.13. The molecule has 0 saturated carbocycles.